The van der Waals surface area contributed by atoms with Crippen molar-refractivity contribution >= 4 is 27.5 Å². The fourth-order valence-electron chi connectivity index (χ4n) is 2.67. The number of hydrogen-bond donors (Lipinski definition) is 1. The van der Waals surface area contributed by atoms with Crippen LogP contribution in [0.4, 0.5) is 5.69 Å². The van der Waals surface area contributed by atoms with Gasteiger partial charge in [-0.05, 0) is 57.0 Å². The number of carbonyl (C=O) groups excluding carboxylic acids is 2. The average molecular weight is 389 g/mol. The largest absolute Gasteiger partial charge is 0.426 e. The van der Waals surface area contributed by atoms with Crippen molar-refractivity contribution in [2.75, 3.05) is 4.72 Å². The summed E-state index contributed by atoms with van der Waals surface area (Å²) in [7, 11) is -3.79. The van der Waals surface area contributed by atoms with Gasteiger partial charge in [-0.25, -0.2) is 8.42 Å². The average Bonchev–Trinajstić information content (AvgIpc) is 2.55. The summed E-state index contributed by atoms with van der Waals surface area (Å²) in [4.78, 5) is 23.2. The molecular formula is C20H23NO5S. The van der Waals surface area contributed by atoms with Gasteiger partial charge in [0.1, 0.15) is 11.5 Å². The summed E-state index contributed by atoms with van der Waals surface area (Å²) in [6.07, 6.45) is 0.0307. The molecule has 144 valence electrons. The first-order chi connectivity index (χ1) is 12.5. The number of esters is 1. The molecule has 2 aromatic rings. The molecule has 0 heterocycles. The van der Waals surface area contributed by atoms with Crippen LogP contribution in [0, 0.1) is 20.8 Å². The summed E-state index contributed by atoms with van der Waals surface area (Å²) in [5.74, 6) is -0.331. The molecule has 0 aromatic heterocycles. The number of benzene rings is 2. The van der Waals surface area contributed by atoms with Crippen LogP contribution in [0.5, 0.6) is 5.75 Å². The van der Waals surface area contributed by atoms with Crippen molar-refractivity contribution < 1.29 is 22.7 Å². The Morgan fingerprint density at radius 2 is 1.59 bits per heavy atom. The molecule has 0 saturated carbocycles. The van der Waals surface area contributed by atoms with E-state index in [1.807, 2.05) is 6.92 Å². The van der Waals surface area contributed by atoms with Crippen molar-refractivity contribution in [3.8, 4) is 5.75 Å². The predicted molar refractivity (Wildman–Crippen MR) is 104 cm³/mol. The van der Waals surface area contributed by atoms with Gasteiger partial charge in [0.2, 0.25) is 0 Å². The first-order valence-electron chi connectivity index (χ1n) is 8.41. The molecule has 0 saturated heterocycles. The lowest BCUT2D eigenvalue weighted by Crippen LogP contribution is -2.16. The van der Waals surface area contributed by atoms with E-state index in [0.29, 0.717) is 28.1 Å². The summed E-state index contributed by atoms with van der Waals surface area (Å²) >= 11 is 0. The molecule has 2 aromatic carbocycles. The van der Waals surface area contributed by atoms with Crippen LogP contribution in [0.1, 0.15) is 36.1 Å². The third-order valence-corrected chi connectivity index (χ3v) is 5.56. The summed E-state index contributed by atoms with van der Waals surface area (Å²) < 4.78 is 33.3. The Balaban J connectivity index is 2.53. The van der Waals surface area contributed by atoms with E-state index >= 15 is 0 Å². The third kappa shape index (κ3) is 4.95. The minimum absolute atomic E-state index is 0.0307. The zero-order valence-corrected chi connectivity index (χ0v) is 16.9. The highest BCUT2D eigenvalue weighted by Gasteiger charge is 2.21. The Bertz CT molecular complexity index is 992. The van der Waals surface area contributed by atoms with E-state index in [2.05, 4.69) is 4.72 Å². The number of nitrogens with one attached hydrogen (secondary N) is 1. The molecule has 7 heteroatoms. The molecule has 6 nitrogen and oxygen atoms in total. The van der Waals surface area contributed by atoms with Gasteiger partial charge in [-0.1, -0.05) is 17.7 Å². The number of anilines is 1. The number of ketones is 1. The molecule has 0 bridgehead atoms. The first kappa shape index (κ1) is 20.6. The molecular weight excluding hydrogens is 366 g/mol. The van der Waals surface area contributed by atoms with Gasteiger partial charge in [0.15, 0.2) is 0 Å². The molecule has 0 radical (unpaired) electrons. The number of sulfonamides is 1. The number of ether oxygens (including phenoxy) is 1. The normalized spacial score (nSPS) is 11.1. The quantitative estimate of drug-likeness (QED) is 0.603. The Labute approximate surface area is 159 Å². The lowest BCUT2D eigenvalue weighted by Gasteiger charge is -2.18. The van der Waals surface area contributed by atoms with Gasteiger partial charge in [-0.15, -0.1) is 0 Å². The molecule has 0 aliphatic carbocycles. The SMILES string of the molecule is CC(=O)Cc1cc(NS(=O)(=O)c2ccc(C)cc2)c(C)c(C)c1OC(C)=O. The van der Waals surface area contributed by atoms with Crippen molar-refractivity contribution in [3.63, 3.8) is 0 Å². The Kier molecular flexibility index (Phi) is 6.05. The fraction of sp³-hybridized carbons (Fsp3) is 0.300. The second-order valence-corrected chi connectivity index (χ2v) is 8.24. The number of hydrogen-bond acceptors (Lipinski definition) is 5. The van der Waals surface area contributed by atoms with Gasteiger partial charge in [-0.3, -0.25) is 14.3 Å². The van der Waals surface area contributed by atoms with Gasteiger partial charge in [-0.2, -0.15) is 0 Å². The maximum Gasteiger partial charge on any atom is 0.308 e. The van der Waals surface area contributed by atoms with Crippen molar-refractivity contribution in [1.29, 1.82) is 0 Å². The number of carbonyl (C=O) groups is 2. The molecule has 1 N–H and O–H groups in total. The van der Waals surface area contributed by atoms with Gasteiger partial charge >= 0.3 is 5.97 Å². The smallest absolute Gasteiger partial charge is 0.308 e. The maximum absolute atomic E-state index is 12.7. The van der Waals surface area contributed by atoms with Crippen LogP contribution in [0.15, 0.2) is 35.2 Å². The minimum Gasteiger partial charge on any atom is -0.426 e. The summed E-state index contributed by atoms with van der Waals surface area (Å²) in [6.45, 7) is 8.02. The lowest BCUT2D eigenvalue weighted by molar-refractivity contribution is -0.132. The molecule has 0 aliphatic rings. The first-order valence-corrected chi connectivity index (χ1v) is 9.90. The third-order valence-electron chi connectivity index (χ3n) is 4.18. The number of rotatable bonds is 6. The van der Waals surface area contributed by atoms with Crippen molar-refractivity contribution in [3.05, 3.63) is 52.6 Å². The zero-order valence-electron chi connectivity index (χ0n) is 16.0. The molecule has 0 spiro atoms. The molecule has 2 rings (SSSR count). The van der Waals surface area contributed by atoms with E-state index < -0.39 is 16.0 Å². The van der Waals surface area contributed by atoms with Crippen LogP contribution >= 0.6 is 0 Å². The lowest BCUT2D eigenvalue weighted by atomic mass is 9.99. The van der Waals surface area contributed by atoms with Crippen LogP contribution in [0.2, 0.25) is 0 Å². The second-order valence-electron chi connectivity index (χ2n) is 6.55. The fourth-order valence-corrected chi connectivity index (χ4v) is 3.79. The molecule has 27 heavy (non-hydrogen) atoms. The molecule has 0 atom stereocenters. The zero-order chi connectivity index (χ0) is 20.4. The van der Waals surface area contributed by atoms with Crippen LogP contribution in [0.3, 0.4) is 0 Å². The maximum atomic E-state index is 12.7. The molecule has 0 fully saturated rings. The standard InChI is InChI=1S/C20H23NO5S/c1-12-6-8-18(9-7-12)27(24,25)21-19-11-17(10-13(2)22)20(26-16(5)23)15(4)14(19)3/h6-9,11,21H,10H2,1-5H3. The van der Waals surface area contributed by atoms with Crippen LogP contribution in [-0.4, -0.2) is 20.2 Å². The van der Waals surface area contributed by atoms with Crippen molar-refractivity contribution in [2.24, 2.45) is 0 Å². The van der Waals surface area contributed by atoms with Crippen molar-refractivity contribution in [1.82, 2.24) is 0 Å². The summed E-state index contributed by atoms with van der Waals surface area (Å²) in [5, 5.41) is 0. The minimum atomic E-state index is -3.79. The highest BCUT2D eigenvalue weighted by Crippen LogP contribution is 2.34. The Hall–Kier alpha value is -2.67. The second kappa shape index (κ2) is 7.92. The van der Waals surface area contributed by atoms with E-state index in [0.717, 1.165) is 5.56 Å². The summed E-state index contributed by atoms with van der Waals surface area (Å²) in [5.41, 5.74) is 2.98. The van der Waals surface area contributed by atoms with Gasteiger partial charge < -0.3 is 4.74 Å². The van der Waals surface area contributed by atoms with E-state index in [4.69, 9.17) is 4.74 Å². The summed E-state index contributed by atoms with van der Waals surface area (Å²) in [6, 6.07) is 8.05. The van der Waals surface area contributed by atoms with Crippen LogP contribution in [0.25, 0.3) is 0 Å². The molecule has 0 unspecified atom stereocenters. The van der Waals surface area contributed by atoms with Crippen LogP contribution < -0.4 is 9.46 Å². The van der Waals surface area contributed by atoms with E-state index in [1.165, 1.54) is 26.0 Å². The number of aryl methyl sites for hydroxylation is 1. The van der Waals surface area contributed by atoms with E-state index in [9.17, 15) is 18.0 Å². The van der Waals surface area contributed by atoms with Crippen molar-refractivity contribution in [2.45, 2.75) is 45.9 Å². The Morgan fingerprint density at radius 1 is 1.00 bits per heavy atom. The Morgan fingerprint density at radius 3 is 2.11 bits per heavy atom. The highest BCUT2D eigenvalue weighted by atomic mass is 32.2. The highest BCUT2D eigenvalue weighted by molar-refractivity contribution is 7.92. The van der Waals surface area contributed by atoms with Gasteiger partial charge in [0, 0.05) is 18.9 Å². The molecule has 0 aliphatic heterocycles. The van der Waals surface area contributed by atoms with E-state index in [1.54, 1.807) is 32.0 Å². The molecule has 0 amide bonds. The predicted octanol–water partition coefficient (Wildman–Crippen LogP) is 3.47. The van der Waals surface area contributed by atoms with Gasteiger partial charge in [0.05, 0.1) is 10.6 Å². The monoisotopic (exact) mass is 389 g/mol. The van der Waals surface area contributed by atoms with Crippen LogP contribution in [-0.2, 0) is 26.0 Å². The van der Waals surface area contributed by atoms with E-state index in [-0.39, 0.29) is 17.1 Å². The van der Waals surface area contributed by atoms with Gasteiger partial charge in [0.25, 0.3) is 10.0 Å². The topological polar surface area (TPSA) is 89.5 Å². The number of Topliss-reactive ketones (excluding diaryl/α,β-unsaturated/α-hetero) is 1.